The van der Waals surface area contributed by atoms with E-state index in [0.29, 0.717) is 19.5 Å². The molecule has 142 valence electrons. The van der Waals surface area contributed by atoms with Gasteiger partial charge < -0.3 is 15.2 Å². The molecule has 0 saturated carbocycles. The van der Waals surface area contributed by atoms with Crippen molar-refractivity contribution in [2.24, 2.45) is 0 Å². The fraction of sp³-hybridized carbons (Fsp3) is 0.895. The van der Waals surface area contributed by atoms with Gasteiger partial charge in [-0.05, 0) is 19.8 Å². The van der Waals surface area contributed by atoms with Gasteiger partial charge in [0.25, 0.3) is 0 Å². The van der Waals surface area contributed by atoms with Crippen LogP contribution in [0, 0.1) is 0 Å². The Morgan fingerprint density at radius 1 is 0.917 bits per heavy atom. The third kappa shape index (κ3) is 17.3. The standard InChI is InChI=1S/C19H37NO4/c1-3-4-5-6-7-8-9-10-11-12-17(2)24-19(23)14-16-20-15-13-18(21)22/h17,20H,3-16H2,1-2H3,(H,21,22). The summed E-state index contributed by atoms with van der Waals surface area (Å²) >= 11 is 0. The van der Waals surface area contributed by atoms with E-state index in [4.69, 9.17) is 9.84 Å². The Kier molecular flexibility index (Phi) is 16.0. The van der Waals surface area contributed by atoms with Crippen LogP contribution >= 0.6 is 0 Å². The average Bonchev–Trinajstić information content (AvgIpc) is 2.52. The lowest BCUT2D eigenvalue weighted by Gasteiger charge is -2.13. The first-order valence-corrected chi connectivity index (χ1v) is 9.68. The van der Waals surface area contributed by atoms with Crippen LogP contribution in [-0.2, 0) is 14.3 Å². The van der Waals surface area contributed by atoms with Crippen LogP contribution in [-0.4, -0.2) is 36.2 Å². The molecular weight excluding hydrogens is 306 g/mol. The van der Waals surface area contributed by atoms with Gasteiger partial charge in [-0.2, -0.15) is 0 Å². The molecule has 0 heterocycles. The SMILES string of the molecule is CCCCCCCCCCCC(C)OC(=O)CCNCCC(=O)O. The molecule has 0 saturated heterocycles. The third-order valence-electron chi connectivity index (χ3n) is 4.07. The number of ether oxygens (including phenoxy) is 1. The number of carboxylic acid groups (broad SMARTS) is 1. The van der Waals surface area contributed by atoms with Crippen LogP contribution in [0.1, 0.15) is 90.9 Å². The van der Waals surface area contributed by atoms with E-state index in [1.165, 1.54) is 51.4 Å². The highest BCUT2D eigenvalue weighted by Crippen LogP contribution is 2.12. The summed E-state index contributed by atoms with van der Waals surface area (Å²) in [7, 11) is 0. The van der Waals surface area contributed by atoms with Gasteiger partial charge in [0.15, 0.2) is 0 Å². The maximum Gasteiger partial charge on any atom is 0.307 e. The zero-order valence-electron chi connectivity index (χ0n) is 15.6. The number of carbonyl (C=O) groups is 2. The number of rotatable bonds is 17. The highest BCUT2D eigenvalue weighted by molar-refractivity contribution is 5.69. The van der Waals surface area contributed by atoms with Crippen LogP contribution in [0.25, 0.3) is 0 Å². The topological polar surface area (TPSA) is 75.6 Å². The van der Waals surface area contributed by atoms with Crippen molar-refractivity contribution in [1.82, 2.24) is 5.32 Å². The van der Waals surface area contributed by atoms with Crippen molar-refractivity contribution in [3.63, 3.8) is 0 Å². The molecule has 0 amide bonds. The van der Waals surface area contributed by atoms with E-state index in [2.05, 4.69) is 12.2 Å². The van der Waals surface area contributed by atoms with Gasteiger partial charge in [-0.1, -0.05) is 58.3 Å². The monoisotopic (exact) mass is 343 g/mol. The largest absolute Gasteiger partial charge is 0.481 e. The molecule has 1 unspecified atom stereocenters. The summed E-state index contributed by atoms with van der Waals surface area (Å²) in [6, 6.07) is 0. The van der Waals surface area contributed by atoms with Crippen LogP contribution in [0.2, 0.25) is 0 Å². The predicted octanol–water partition coefficient (Wildman–Crippen LogP) is 4.29. The van der Waals surface area contributed by atoms with Gasteiger partial charge in [-0.3, -0.25) is 9.59 Å². The molecule has 0 aromatic rings. The molecule has 2 N–H and O–H groups in total. The Morgan fingerprint density at radius 2 is 1.46 bits per heavy atom. The minimum absolute atomic E-state index is 0.0268. The first-order valence-electron chi connectivity index (χ1n) is 9.68. The van der Waals surface area contributed by atoms with Crippen molar-refractivity contribution >= 4 is 11.9 Å². The van der Waals surface area contributed by atoms with E-state index < -0.39 is 5.97 Å². The molecule has 0 bridgehead atoms. The number of hydrogen-bond donors (Lipinski definition) is 2. The van der Waals surface area contributed by atoms with E-state index in [9.17, 15) is 9.59 Å². The quantitative estimate of drug-likeness (QED) is 0.304. The number of esters is 1. The van der Waals surface area contributed by atoms with Gasteiger partial charge in [0.1, 0.15) is 0 Å². The molecule has 0 rings (SSSR count). The lowest BCUT2D eigenvalue weighted by molar-refractivity contribution is -0.148. The summed E-state index contributed by atoms with van der Waals surface area (Å²) in [5, 5.41) is 11.4. The van der Waals surface area contributed by atoms with Crippen molar-refractivity contribution in [2.75, 3.05) is 13.1 Å². The van der Waals surface area contributed by atoms with E-state index in [1.54, 1.807) is 0 Å². The third-order valence-corrected chi connectivity index (χ3v) is 4.07. The number of carbonyl (C=O) groups excluding carboxylic acids is 1. The predicted molar refractivity (Wildman–Crippen MR) is 97.1 cm³/mol. The summed E-state index contributed by atoms with van der Waals surface area (Å²) in [5.41, 5.74) is 0. The summed E-state index contributed by atoms with van der Waals surface area (Å²) in [6.45, 7) is 5.04. The molecular formula is C19H37NO4. The van der Waals surface area contributed by atoms with Gasteiger partial charge >= 0.3 is 11.9 Å². The maximum atomic E-state index is 11.6. The fourth-order valence-corrected chi connectivity index (χ4v) is 2.60. The van der Waals surface area contributed by atoms with Crippen LogP contribution in [0.5, 0.6) is 0 Å². The van der Waals surface area contributed by atoms with Crippen LogP contribution in [0.15, 0.2) is 0 Å². The Morgan fingerprint density at radius 3 is 2.04 bits per heavy atom. The van der Waals surface area contributed by atoms with Gasteiger partial charge in [0, 0.05) is 13.1 Å². The second-order valence-corrected chi connectivity index (χ2v) is 6.56. The van der Waals surface area contributed by atoms with E-state index >= 15 is 0 Å². The average molecular weight is 344 g/mol. The van der Waals surface area contributed by atoms with Crippen molar-refractivity contribution < 1.29 is 19.4 Å². The minimum atomic E-state index is -0.834. The van der Waals surface area contributed by atoms with Gasteiger partial charge in [-0.25, -0.2) is 0 Å². The highest BCUT2D eigenvalue weighted by Gasteiger charge is 2.09. The molecule has 0 aliphatic heterocycles. The summed E-state index contributed by atoms with van der Waals surface area (Å²) in [6.07, 6.45) is 12.9. The van der Waals surface area contributed by atoms with Crippen LogP contribution in [0.4, 0.5) is 0 Å². The molecule has 0 radical (unpaired) electrons. The Hall–Kier alpha value is -1.10. The van der Waals surface area contributed by atoms with Crippen molar-refractivity contribution in [2.45, 2.75) is 97.0 Å². The molecule has 24 heavy (non-hydrogen) atoms. The molecule has 0 aliphatic carbocycles. The van der Waals surface area contributed by atoms with Gasteiger partial charge in [0.05, 0.1) is 18.9 Å². The smallest absolute Gasteiger partial charge is 0.307 e. The molecule has 0 fully saturated rings. The first kappa shape index (κ1) is 22.9. The number of aliphatic carboxylic acids is 1. The molecule has 0 aromatic heterocycles. The lowest BCUT2D eigenvalue weighted by Crippen LogP contribution is -2.23. The number of hydrogen-bond acceptors (Lipinski definition) is 4. The number of unbranched alkanes of at least 4 members (excludes halogenated alkanes) is 8. The second kappa shape index (κ2) is 16.7. The highest BCUT2D eigenvalue weighted by atomic mass is 16.5. The second-order valence-electron chi connectivity index (χ2n) is 6.56. The fourth-order valence-electron chi connectivity index (χ4n) is 2.60. The van der Waals surface area contributed by atoms with Crippen molar-refractivity contribution in [3.8, 4) is 0 Å². The summed E-state index contributed by atoms with van der Waals surface area (Å²) in [5.74, 6) is -1.04. The number of nitrogens with one attached hydrogen (secondary N) is 1. The van der Waals surface area contributed by atoms with Crippen molar-refractivity contribution in [3.05, 3.63) is 0 Å². The Labute approximate surface area is 147 Å². The van der Waals surface area contributed by atoms with E-state index in [0.717, 1.165) is 12.8 Å². The molecule has 5 heteroatoms. The molecule has 0 aliphatic rings. The van der Waals surface area contributed by atoms with Gasteiger partial charge in [0.2, 0.25) is 0 Å². The van der Waals surface area contributed by atoms with Crippen LogP contribution in [0.3, 0.4) is 0 Å². The first-order chi connectivity index (χ1) is 11.6. The van der Waals surface area contributed by atoms with Crippen molar-refractivity contribution in [1.29, 1.82) is 0 Å². The molecule has 0 spiro atoms. The number of carboxylic acids is 1. The lowest BCUT2D eigenvalue weighted by atomic mass is 10.1. The summed E-state index contributed by atoms with van der Waals surface area (Å²) in [4.78, 5) is 22.0. The summed E-state index contributed by atoms with van der Waals surface area (Å²) < 4.78 is 5.35. The molecule has 0 aromatic carbocycles. The normalized spacial score (nSPS) is 12.1. The zero-order chi connectivity index (χ0) is 18.0. The maximum absolute atomic E-state index is 11.6. The van der Waals surface area contributed by atoms with E-state index in [-0.39, 0.29) is 18.5 Å². The molecule has 5 nitrogen and oxygen atoms in total. The Balaban J connectivity index is 3.37. The molecule has 1 atom stereocenters. The zero-order valence-corrected chi connectivity index (χ0v) is 15.6. The minimum Gasteiger partial charge on any atom is -0.481 e. The Bertz CT molecular complexity index is 320. The van der Waals surface area contributed by atoms with Gasteiger partial charge in [-0.15, -0.1) is 0 Å². The van der Waals surface area contributed by atoms with E-state index in [1.807, 2.05) is 6.92 Å². The van der Waals surface area contributed by atoms with Crippen LogP contribution < -0.4 is 5.32 Å².